The Morgan fingerprint density at radius 1 is 1.64 bits per heavy atom. The summed E-state index contributed by atoms with van der Waals surface area (Å²) >= 11 is 6.96. The fraction of sp³-hybridized carbons (Fsp3) is 0.167. The maximum absolute atomic E-state index is 10.7. The Morgan fingerprint density at radius 2 is 2.36 bits per heavy atom. The molecule has 1 aromatic rings. The number of thiophene rings is 1. The van der Waals surface area contributed by atoms with Gasteiger partial charge >= 0.3 is 6.03 Å². The third-order valence-corrected chi connectivity index (χ3v) is 2.18. The molecular formula is C6H7ClN2OS. The van der Waals surface area contributed by atoms with E-state index in [1.54, 1.807) is 19.2 Å². The number of carbonyl (C=O) groups is 1. The van der Waals surface area contributed by atoms with Gasteiger partial charge in [0.05, 0.1) is 9.34 Å². The van der Waals surface area contributed by atoms with Gasteiger partial charge in [-0.25, -0.2) is 4.79 Å². The zero-order chi connectivity index (χ0) is 8.27. The van der Waals surface area contributed by atoms with Gasteiger partial charge in [0.25, 0.3) is 0 Å². The molecule has 0 saturated carbocycles. The van der Waals surface area contributed by atoms with Crippen LogP contribution in [-0.2, 0) is 0 Å². The van der Waals surface area contributed by atoms with Gasteiger partial charge < -0.3 is 5.32 Å². The first-order chi connectivity index (χ1) is 5.22. The summed E-state index contributed by atoms with van der Waals surface area (Å²) in [5.74, 6) is 0. The molecule has 1 rings (SSSR count). The Balaban J connectivity index is 2.57. The summed E-state index contributed by atoms with van der Waals surface area (Å²) < 4.78 is 0.663. The first kappa shape index (κ1) is 8.36. The zero-order valence-corrected chi connectivity index (χ0v) is 7.42. The largest absolute Gasteiger partial charge is 0.341 e. The Bertz CT molecular complexity index is 261. The van der Waals surface area contributed by atoms with Crippen LogP contribution in [0.5, 0.6) is 0 Å². The van der Waals surface area contributed by atoms with Crippen LogP contribution < -0.4 is 10.6 Å². The summed E-state index contributed by atoms with van der Waals surface area (Å²) in [6.45, 7) is 0. The average Bonchev–Trinajstić information content (AvgIpc) is 2.35. The van der Waals surface area contributed by atoms with E-state index in [-0.39, 0.29) is 6.03 Å². The van der Waals surface area contributed by atoms with E-state index in [9.17, 15) is 4.79 Å². The lowest BCUT2D eigenvalue weighted by Crippen LogP contribution is -2.23. The Labute approximate surface area is 73.4 Å². The molecule has 60 valence electrons. The van der Waals surface area contributed by atoms with Gasteiger partial charge in [-0.1, -0.05) is 11.6 Å². The number of carbonyl (C=O) groups excluding carboxylic acids is 1. The smallest absolute Gasteiger partial charge is 0.319 e. The summed E-state index contributed by atoms with van der Waals surface area (Å²) in [5.41, 5.74) is 0. The molecule has 0 aliphatic heterocycles. The second kappa shape index (κ2) is 3.59. The maximum Gasteiger partial charge on any atom is 0.319 e. The first-order valence-electron chi connectivity index (χ1n) is 2.96. The van der Waals surface area contributed by atoms with Crippen molar-refractivity contribution in [2.45, 2.75) is 0 Å². The van der Waals surface area contributed by atoms with Crippen molar-refractivity contribution in [3.63, 3.8) is 0 Å². The Hall–Kier alpha value is -0.740. The van der Waals surface area contributed by atoms with Crippen LogP contribution in [0.15, 0.2) is 12.1 Å². The third kappa shape index (κ3) is 2.40. The van der Waals surface area contributed by atoms with E-state index in [1.165, 1.54) is 11.3 Å². The molecule has 1 heterocycles. The molecular weight excluding hydrogens is 184 g/mol. The van der Waals surface area contributed by atoms with Crippen molar-refractivity contribution in [1.82, 2.24) is 5.32 Å². The number of rotatable bonds is 1. The van der Waals surface area contributed by atoms with Crippen molar-refractivity contribution < 1.29 is 4.79 Å². The highest BCUT2D eigenvalue weighted by atomic mass is 35.5. The van der Waals surface area contributed by atoms with Gasteiger partial charge in [0.1, 0.15) is 0 Å². The predicted octanol–water partition coefficient (Wildman–Crippen LogP) is 2.15. The molecule has 0 saturated heterocycles. The lowest BCUT2D eigenvalue weighted by atomic mass is 10.6. The monoisotopic (exact) mass is 190 g/mol. The molecule has 5 heteroatoms. The van der Waals surface area contributed by atoms with Crippen molar-refractivity contribution in [3.05, 3.63) is 16.5 Å². The molecule has 11 heavy (non-hydrogen) atoms. The standard InChI is InChI=1S/C6H7ClN2OS/c1-8-6(10)9-5-3-2-4(7)11-5/h2-3H,1H3,(H2,8,9,10). The zero-order valence-electron chi connectivity index (χ0n) is 5.85. The van der Waals surface area contributed by atoms with Crippen molar-refractivity contribution >= 4 is 34.0 Å². The van der Waals surface area contributed by atoms with E-state index in [4.69, 9.17) is 11.6 Å². The minimum atomic E-state index is -0.233. The highest BCUT2D eigenvalue weighted by molar-refractivity contribution is 7.20. The van der Waals surface area contributed by atoms with Crippen LogP contribution in [0.3, 0.4) is 0 Å². The Kier molecular flexibility index (Phi) is 2.73. The van der Waals surface area contributed by atoms with Gasteiger partial charge in [-0.2, -0.15) is 0 Å². The van der Waals surface area contributed by atoms with E-state index >= 15 is 0 Å². The summed E-state index contributed by atoms with van der Waals surface area (Å²) in [6.07, 6.45) is 0. The molecule has 1 aromatic heterocycles. The molecule has 0 aromatic carbocycles. The normalized spacial score (nSPS) is 9.27. The van der Waals surface area contributed by atoms with Crippen LogP contribution in [0.25, 0.3) is 0 Å². The highest BCUT2D eigenvalue weighted by Gasteiger charge is 2.00. The molecule has 3 nitrogen and oxygen atoms in total. The van der Waals surface area contributed by atoms with Gasteiger partial charge in [-0.05, 0) is 12.1 Å². The number of amides is 2. The number of urea groups is 1. The molecule has 0 aliphatic rings. The Morgan fingerprint density at radius 3 is 2.82 bits per heavy atom. The van der Waals surface area contributed by atoms with Crippen molar-refractivity contribution in [3.8, 4) is 0 Å². The van der Waals surface area contributed by atoms with Gasteiger partial charge in [0.2, 0.25) is 0 Å². The average molecular weight is 191 g/mol. The summed E-state index contributed by atoms with van der Waals surface area (Å²) in [7, 11) is 1.56. The molecule has 2 N–H and O–H groups in total. The fourth-order valence-electron chi connectivity index (χ4n) is 0.556. The number of nitrogens with one attached hydrogen (secondary N) is 2. The highest BCUT2D eigenvalue weighted by Crippen LogP contribution is 2.25. The summed E-state index contributed by atoms with van der Waals surface area (Å²) in [4.78, 5) is 10.7. The number of hydrogen-bond acceptors (Lipinski definition) is 2. The van der Waals surface area contributed by atoms with Crippen LogP contribution in [0.4, 0.5) is 9.80 Å². The molecule has 0 bridgehead atoms. The van der Waals surface area contributed by atoms with Gasteiger partial charge in [-0.3, -0.25) is 5.32 Å². The van der Waals surface area contributed by atoms with Crippen LogP contribution in [0.2, 0.25) is 4.34 Å². The third-order valence-electron chi connectivity index (χ3n) is 1.04. The van der Waals surface area contributed by atoms with Crippen molar-refractivity contribution in [1.29, 1.82) is 0 Å². The molecule has 0 spiro atoms. The van der Waals surface area contributed by atoms with Gasteiger partial charge in [-0.15, -0.1) is 11.3 Å². The summed E-state index contributed by atoms with van der Waals surface area (Å²) in [5, 5.41) is 5.78. The van der Waals surface area contributed by atoms with Gasteiger partial charge in [0.15, 0.2) is 0 Å². The molecule has 2 amide bonds. The second-order valence-corrected chi connectivity index (χ2v) is 3.52. The molecule has 0 fully saturated rings. The minimum absolute atomic E-state index is 0.233. The van der Waals surface area contributed by atoms with Crippen LogP contribution >= 0.6 is 22.9 Å². The lowest BCUT2D eigenvalue weighted by molar-refractivity contribution is 0.254. The van der Waals surface area contributed by atoms with E-state index in [2.05, 4.69) is 10.6 Å². The summed E-state index contributed by atoms with van der Waals surface area (Å²) in [6, 6.07) is 3.25. The molecule has 0 radical (unpaired) electrons. The number of hydrogen-bond donors (Lipinski definition) is 2. The van der Waals surface area contributed by atoms with Gasteiger partial charge in [0, 0.05) is 7.05 Å². The van der Waals surface area contributed by atoms with Crippen LogP contribution in [0.1, 0.15) is 0 Å². The van der Waals surface area contributed by atoms with E-state index in [0.29, 0.717) is 4.34 Å². The predicted molar refractivity (Wildman–Crippen MR) is 47.4 cm³/mol. The van der Waals surface area contributed by atoms with E-state index < -0.39 is 0 Å². The first-order valence-corrected chi connectivity index (χ1v) is 4.16. The van der Waals surface area contributed by atoms with E-state index in [0.717, 1.165) is 5.00 Å². The van der Waals surface area contributed by atoms with E-state index in [1.807, 2.05) is 0 Å². The van der Waals surface area contributed by atoms with Crippen molar-refractivity contribution in [2.75, 3.05) is 12.4 Å². The number of halogens is 1. The molecule has 0 unspecified atom stereocenters. The minimum Gasteiger partial charge on any atom is -0.341 e. The van der Waals surface area contributed by atoms with Crippen LogP contribution in [-0.4, -0.2) is 13.1 Å². The van der Waals surface area contributed by atoms with Crippen molar-refractivity contribution in [2.24, 2.45) is 0 Å². The maximum atomic E-state index is 10.7. The molecule has 0 aliphatic carbocycles. The number of anilines is 1. The fourth-order valence-corrected chi connectivity index (χ4v) is 1.49. The molecule has 0 atom stereocenters. The lowest BCUT2D eigenvalue weighted by Gasteiger charge is -1.98. The topological polar surface area (TPSA) is 41.1 Å². The second-order valence-electron chi connectivity index (χ2n) is 1.81. The quantitative estimate of drug-likeness (QED) is 0.700. The SMILES string of the molecule is CNC(=O)Nc1ccc(Cl)s1. The van der Waals surface area contributed by atoms with Crippen LogP contribution in [0, 0.1) is 0 Å².